The lowest BCUT2D eigenvalue weighted by molar-refractivity contribution is -0.118. The summed E-state index contributed by atoms with van der Waals surface area (Å²) in [7, 11) is 0. The fraction of sp³-hybridized carbons (Fsp3) is 0.750. The van der Waals surface area contributed by atoms with Gasteiger partial charge in [0.2, 0.25) is 5.91 Å². The Balaban J connectivity index is 2.92. The Morgan fingerprint density at radius 1 is 1.14 bits per heavy atom. The average Bonchev–Trinajstić information content (AvgIpc) is 2.15. The van der Waals surface area contributed by atoms with Crippen molar-refractivity contribution in [3.05, 3.63) is 12.7 Å². The zero-order valence-corrected chi connectivity index (χ0v) is 9.35. The highest BCUT2D eigenvalue weighted by molar-refractivity contribution is 5.72. The Labute approximate surface area is 87.8 Å². The Kier molecular flexibility index (Phi) is 9.71. The molecule has 0 saturated heterocycles. The van der Waals surface area contributed by atoms with Gasteiger partial charge in [-0.05, 0) is 19.3 Å². The first-order chi connectivity index (χ1) is 6.77. The normalized spacial score (nSPS) is 9.79. The smallest absolute Gasteiger partial charge is 0.216 e. The summed E-state index contributed by atoms with van der Waals surface area (Å²) in [6, 6.07) is 0. The van der Waals surface area contributed by atoms with Crippen LogP contribution in [0, 0.1) is 0 Å². The average molecular weight is 197 g/mol. The van der Waals surface area contributed by atoms with E-state index in [4.69, 9.17) is 0 Å². The van der Waals surface area contributed by atoms with Crippen molar-refractivity contribution in [1.29, 1.82) is 0 Å². The molecule has 0 aromatic heterocycles. The quantitative estimate of drug-likeness (QED) is 0.447. The second kappa shape index (κ2) is 10.3. The van der Waals surface area contributed by atoms with Crippen molar-refractivity contribution in [2.24, 2.45) is 0 Å². The predicted octanol–water partition coefficient (Wildman–Crippen LogP) is 3.04. The van der Waals surface area contributed by atoms with Gasteiger partial charge >= 0.3 is 0 Å². The van der Waals surface area contributed by atoms with Crippen molar-refractivity contribution in [2.75, 3.05) is 6.54 Å². The van der Waals surface area contributed by atoms with Gasteiger partial charge < -0.3 is 5.32 Å². The van der Waals surface area contributed by atoms with Gasteiger partial charge in [-0.2, -0.15) is 0 Å². The zero-order chi connectivity index (χ0) is 10.6. The lowest BCUT2D eigenvalue weighted by Crippen LogP contribution is -2.20. The van der Waals surface area contributed by atoms with Gasteiger partial charge in [0.15, 0.2) is 0 Å². The molecule has 2 heteroatoms. The van der Waals surface area contributed by atoms with Gasteiger partial charge in [0, 0.05) is 13.5 Å². The fourth-order valence-electron chi connectivity index (χ4n) is 1.39. The van der Waals surface area contributed by atoms with Crippen molar-refractivity contribution in [1.82, 2.24) is 5.32 Å². The largest absolute Gasteiger partial charge is 0.356 e. The van der Waals surface area contributed by atoms with Crippen LogP contribution in [0.3, 0.4) is 0 Å². The molecule has 0 aromatic rings. The van der Waals surface area contributed by atoms with E-state index in [0.29, 0.717) is 0 Å². The van der Waals surface area contributed by atoms with Crippen LogP contribution in [0.2, 0.25) is 0 Å². The molecule has 0 aliphatic heterocycles. The topological polar surface area (TPSA) is 29.1 Å². The van der Waals surface area contributed by atoms with Crippen molar-refractivity contribution < 1.29 is 4.79 Å². The second-order valence-corrected chi connectivity index (χ2v) is 3.68. The summed E-state index contributed by atoms with van der Waals surface area (Å²) >= 11 is 0. The number of hydrogen-bond acceptors (Lipinski definition) is 1. The number of carbonyl (C=O) groups excluding carboxylic acids is 1. The molecular formula is C12H23NO. The molecule has 1 N–H and O–H groups in total. The van der Waals surface area contributed by atoms with E-state index in [1.807, 2.05) is 6.08 Å². The van der Waals surface area contributed by atoms with Crippen LogP contribution in [0.5, 0.6) is 0 Å². The van der Waals surface area contributed by atoms with E-state index < -0.39 is 0 Å². The number of allylic oxidation sites excluding steroid dienone is 1. The van der Waals surface area contributed by atoms with Gasteiger partial charge in [-0.25, -0.2) is 0 Å². The molecule has 2 nitrogen and oxygen atoms in total. The van der Waals surface area contributed by atoms with E-state index in [1.54, 1.807) is 6.92 Å². The van der Waals surface area contributed by atoms with Gasteiger partial charge in [-0.1, -0.05) is 31.8 Å². The highest BCUT2D eigenvalue weighted by atomic mass is 16.1. The summed E-state index contributed by atoms with van der Waals surface area (Å²) in [5.41, 5.74) is 0. The first-order valence-electron chi connectivity index (χ1n) is 5.62. The van der Waals surface area contributed by atoms with Crippen LogP contribution < -0.4 is 5.32 Å². The van der Waals surface area contributed by atoms with Crippen LogP contribution in [0.1, 0.15) is 51.9 Å². The molecule has 0 spiro atoms. The Hall–Kier alpha value is -0.790. The monoisotopic (exact) mass is 197 g/mol. The molecular weight excluding hydrogens is 174 g/mol. The number of rotatable bonds is 9. The van der Waals surface area contributed by atoms with E-state index in [0.717, 1.165) is 19.4 Å². The number of amides is 1. The lowest BCUT2D eigenvalue weighted by atomic mass is 10.1. The highest BCUT2D eigenvalue weighted by Gasteiger charge is 1.92. The summed E-state index contributed by atoms with van der Waals surface area (Å²) in [4.78, 5) is 10.5. The van der Waals surface area contributed by atoms with E-state index >= 15 is 0 Å². The van der Waals surface area contributed by atoms with Crippen LogP contribution in [0.25, 0.3) is 0 Å². The first-order valence-corrected chi connectivity index (χ1v) is 5.62. The van der Waals surface area contributed by atoms with Gasteiger partial charge in [-0.15, -0.1) is 6.58 Å². The minimum absolute atomic E-state index is 0.0796. The molecule has 0 atom stereocenters. The van der Waals surface area contributed by atoms with Crippen molar-refractivity contribution in [3.8, 4) is 0 Å². The lowest BCUT2D eigenvalue weighted by Gasteiger charge is -2.02. The molecule has 14 heavy (non-hydrogen) atoms. The molecule has 0 radical (unpaired) electrons. The summed E-state index contributed by atoms with van der Waals surface area (Å²) in [5, 5.41) is 2.80. The van der Waals surface area contributed by atoms with Crippen LogP contribution in [-0.2, 0) is 4.79 Å². The van der Waals surface area contributed by atoms with Crippen LogP contribution in [0.4, 0.5) is 0 Å². The SMILES string of the molecule is C=CCCCCCCCCNC(C)=O. The molecule has 0 aromatic carbocycles. The predicted molar refractivity (Wildman–Crippen MR) is 61.2 cm³/mol. The standard InChI is InChI=1S/C12H23NO/c1-3-4-5-6-7-8-9-10-11-13-12(2)14/h3H,1,4-11H2,2H3,(H,13,14). The molecule has 0 fully saturated rings. The third kappa shape index (κ3) is 11.2. The minimum Gasteiger partial charge on any atom is -0.356 e. The van der Waals surface area contributed by atoms with Crippen LogP contribution in [-0.4, -0.2) is 12.5 Å². The number of carbonyl (C=O) groups is 1. The maximum atomic E-state index is 10.5. The van der Waals surface area contributed by atoms with Crippen LogP contribution >= 0.6 is 0 Å². The van der Waals surface area contributed by atoms with Crippen molar-refractivity contribution in [2.45, 2.75) is 51.9 Å². The summed E-state index contributed by atoms with van der Waals surface area (Å²) in [6.45, 7) is 6.10. The Morgan fingerprint density at radius 3 is 2.29 bits per heavy atom. The van der Waals surface area contributed by atoms with E-state index in [-0.39, 0.29) is 5.91 Å². The molecule has 0 saturated carbocycles. The summed E-state index contributed by atoms with van der Waals surface area (Å²) in [6.07, 6.45) is 10.7. The molecule has 0 heterocycles. The number of hydrogen-bond donors (Lipinski definition) is 1. The van der Waals surface area contributed by atoms with Crippen LogP contribution in [0.15, 0.2) is 12.7 Å². The molecule has 0 unspecified atom stereocenters. The maximum Gasteiger partial charge on any atom is 0.216 e. The number of unbranched alkanes of at least 4 members (excludes halogenated alkanes) is 6. The van der Waals surface area contributed by atoms with Crippen molar-refractivity contribution in [3.63, 3.8) is 0 Å². The first kappa shape index (κ1) is 13.2. The third-order valence-corrected chi connectivity index (χ3v) is 2.21. The second-order valence-electron chi connectivity index (χ2n) is 3.68. The molecule has 1 amide bonds. The molecule has 82 valence electrons. The minimum atomic E-state index is 0.0796. The fourth-order valence-corrected chi connectivity index (χ4v) is 1.39. The molecule has 0 bridgehead atoms. The Morgan fingerprint density at radius 2 is 1.71 bits per heavy atom. The van der Waals surface area contributed by atoms with E-state index in [1.165, 1.54) is 32.1 Å². The van der Waals surface area contributed by atoms with Gasteiger partial charge in [-0.3, -0.25) is 4.79 Å². The number of nitrogens with one attached hydrogen (secondary N) is 1. The van der Waals surface area contributed by atoms with Gasteiger partial charge in [0.05, 0.1) is 0 Å². The summed E-state index contributed by atoms with van der Waals surface area (Å²) in [5.74, 6) is 0.0796. The maximum absolute atomic E-state index is 10.5. The third-order valence-electron chi connectivity index (χ3n) is 2.21. The van der Waals surface area contributed by atoms with Gasteiger partial charge in [0.25, 0.3) is 0 Å². The van der Waals surface area contributed by atoms with Crippen molar-refractivity contribution >= 4 is 5.91 Å². The Bertz CT molecular complexity index is 154. The van der Waals surface area contributed by atoms with Gasteiger partial charge in [0.1, 0.15) is 0 Å². The van der Waals surface area contributed by atoms with E-state index in [9.17, 15) is 4.79 Å². The summed E-state index contributed by atoms with van der Waals surface area (Å²) < 4.78 is 0. The van der Waals surface area contributed by atoms with E-state index in [2.05, 4.69) is 11.9 Å². The molecule has 0 aliphatic carbocycles. The highest BCUT2D eigenvalue weighted by Crippen LogP contribution is 2.06. The molecule has 0 aliphatic rings. The molecule has 0 rings (SSSR count). The zero-order valence-electron chi connectivity index (χ0n) is 9.35.